The van der Waals surface area contributed by atoms with Crippen molar-refractivity contribution in [3.8, 4) is 0 Å². The summed E-state index contributed by atoms with van der Waals surface area (Å²) in [5.41, 5.74) is 7.23. The van der Waals surface area contributed by atoms with E-state index in [2.05, 4.69) is 68.4 Å². The van der Waals surface area contributed by atoms with Gasteiger partial charge >= 0.3 is 0 Å². The van der Waals surface area contributed by atoms with Crippen LogP contribution in [0.2, 0.25) is 0 Å². The maximum Gasteiger partial charge on any atom is 0.175 e. The van der Waals surface area contributed by atoms with Gasteiger partial charge in [0.15, 0.2) is 5.78 Å². The molecule has 3 aliphatic carbocycles. The highest BCUT2D eigenvalue weighted by Gasteiger charge is 2.66. The monoisotopic (exact) mass is 354 g/mol. The normalized spacial score (nSPS) is 29.9. The standard InChI is InChI=1S/C26H26O/c1-18-16-25-15-9-14-22(25)23(20-10-5-3-6-11-20)24(27)26(25,17-19(18)2)21-12-7-4-8-13-21/h3-8,10-13H,9,14-17H2,1-2H3. The summed E-state index contributed by atoms with van der Waals surface area (Å²) >= 11 is 0. The van der Waals surface area contributed by atoms with Crippen LogP contribution in [0, 0.1) is 5.41 Å². The van der Waals surface area contributed by atoms with Gasteiger partial charge in [-0.1, -0.05) is 77.4 Å². The lowest BCUT2D eigenvalue weighted by Crippen LogP contribution is -2.49. The van der Waals surface area contributed by atoms with Crippen molar-refractivity contribution in [3.05, 3.63) is 88.5 Å². The first-order valence-electron chi connectivity index (χ1n) is 10.1. The van der Waals surface area contributed by atoms with Gasteiger partial charge < -0.3 is 0 Å². The minimum absolute atomic E-state index is 0.0276. The molecule has 27 heavy (non-hydrogen) atoms. The van der Waals surface area contributed by atoms with E-state index in [1.54, 1.807) is 0 Å². The Bertz CT molecular complexity index is 979. The maximum atomic E-state index is 14.2. The summed E-state index contributed by atoms with van der Waals surface area (Å²) in [5, 5.41) is 0. The third-order valence-electron chi connectivity index (χ3n) is 7.50. The van der Waals surface area contributed by atoms with Gasteiger partial charge in [0.2, 0.25) is 0 Å². The highest BCUT2D eigenvalue weighted by molar-refractivity contribution is 6.30. The first kappa shape index (κ1) is 16.7. The van der Waals surface area contributed by atoms with E-state index in [9.17, 15) is 4.79 Å². The largest absolute Gasteiger partial charge is 0.293 e. The Morgan fingerprint density at radius 2 is 1.44 bits per heavy atom. The van der Waals surface area contributed by atoms with Gasteiger partial charge in [-0.3, -0.25) is 4.79 Å². The van der Waals surface area contributed by atoms with Gasteiger partial charge in [0.25, 0.3) is 0 Å². The van der Waals surface area contributed by atoms with Crippen LogP contribution in [0.5, 0.6) is 0 Å². The van der Waals surface area contributed by atoms with Crippen molar-refractivity contribution in [2.45, 2.75) is 51.4 Å². The number of allylic oxidation sites excluding steroid dienone is 4. The van der Waals surface area contributed by atoms with E-state index in [0.717, 1.165) is 36.8 Å². The van der Waals surface area contributed by atoms with Crippen LogP contribution in [0.1, 0.15) is 57.1 Å². The van der Waals surface area contributed by atoms with Crippen molar-refractivity contribution < 1.29 is 4.79 Å². The molecule has 0 radical (unpaired) electrons. The second-order valence-corrected chi connectivity index (χ2v) is 8.67. The van der Waals surface area contributed by atoms with Gasteiger partial charge in [-0.2, -0.15) is 0 Å². The first-order valence-corrected chi connectivity index (χ1v) is 10.1. The fraction of sp³-hybridized carbons (Fsp3) is 0.346. The molecule has 0 heterocycles. The minimum Gasteiger partial charge on any atom is -0.293 e. The molecule has 136 valence electrons. The zero-order valence-corrected chi connectivity index (χ0v) is 16.2. The van der Waals surface area contributed by atoms with Crippen LogP contribution in [0.15, 0.2) is 77.4 Å². The van der Waals surface area contributed by atoms with E-state index in [1.165, 1.54) is 28.7 Å². The predicted molar refractivity (Wildman–Crippen MR) is 110 cm³/mol. The second-order valence-electron chi connectivity index (χ2n) is 8.67. The molecule has 0 bridgehead atoms. The molecule has 5 rings (SSSR count). The molecular weight excluding hydrogens is 328 g/mol. The topological polar surface area (TPSA) is 17.1 Å². The van der Waals surface area contributed by atoms with Crippen LogP contribution in [-0.4, -0.2) is 5.78 Å². The van der Waals surface area contributed by atoms with Gasteiger partial charge in [0.1, 0.15) is 0 Å². The van der Waals surface area contributed by atoms with Crippen LogP contribution in [-0.2, 0) is 10.2 Å². The summed E-state index contributed by atoms with van der Waals surface area (Å²) in [4.78, 5) is 14.2. The number of carbonyl (C=O) groups excluding carboxylic acids is 1. The van der Waals surface area contributed by atoms with Crippen molar-refractivity contribution in [2.24, 2.45) is 5.41 Å². The molecule has 0 N–H and O–H groups in total. The smallest absolute Gasteiger partial charge is 0.175 e. The van der Waals surface area contributed by atoms with Crippen LogP contribution >= 0.6 is 0 Å². The average Bonchev–Trinajstić information content (AvgIpc) is 3.18. The molecule has 2 aromatic rings. The molecule has 2 unspecified atom stereocenters. The van der Waals surface area contributed by atoms with E-state index >= 15 is 0 Å². The predicted octanol–water partition coefficient (Wildman–Crippen LogP) is 6.26. The second kappa shape index (κ2) is 5.79. The summed E-state index contributed by atoms with van der Waals surface area (Å²) in [6.07, 6.45) is 5.29. The fourth-order valence-corrected chi connectivity index (χ4v) is 6.25. The Balaban J connectivity index is 1.83. The van der Waals surface area contributed by atoms with Gasteiger partial charge in [-0.15, -0.1) is 0 Å². The molecule has 2 aromatic carbocycles. The van der Waals surface area contributed by atoms with Gasteiger partial charge in [0, 0.05) is 11.0 Å². The fourth-order valence-electron chi connectivity index (χ4n) is 6.25. The molecule has 1 saturated carbocycles. The Morgan fingerprint density at radius 3 is 2.15 bits per heavy atom. The number of hydrogen-bond acceptors (Lipinski definition) is 1. The van der Waals surface area contributed by atoms with Crippen molar-refractivity contribution in [1.82, 2.24) is 0 Å². The number of ketones is 1. The number of carbonyl (C=O) groups is 1. The zero-order chi connectivity index (χ0) is 18.6. The Kier molecular flexibility index (Phi) is 3.59. The summed E-state index contributed by atoms with van der Waals surface area (Å²) in [6, 6.07) is 21.0. The minimum atomic E-state index is -0.422. The Hall–Kier alpha value is -2.41. The quantitative estimate of drug-likeness (QED) is 0.582. The molecule has 1 nitrogen and oxygen atoms in total. The van der Waals surface area contributed by atoms with E-state index in [1.807, 2.05) is 6.07 Å². The SMILES string of the molecule is CC1=C(C)CC2(c3ccccc3)C(=O)C(c3ccccc3)=C3CCCC32C1. The third-order valence-corrected chi connectivity index (χ3v) is 7.50. The van der Waals surface area contributed by atoms with Gasteiger partial charge in [0.05, 0.1) is 5.41 Å². The summed E-state index contributed by atoms with van der Waals surface area (Å²) < 4.78 is 0. The molecule has 1 fully saturated rings. The van der Waals surface area contributed by atoms with Crippen molar-refractivity contribution >= 4 is 11.4 Å². The highest BCUT2D eigenvalue weighted by atomic mass is 16.1. The molecule has 2 atom stereocenters. The lowest BCUT2D eigenvalue weighted by molar-refractivity contribution is -0.121. The van der Waals surface area contributed by atoms with E-state index in [4.69, 9.17) is 0 Å². The zero-order valence-electron chi connectivity index (χ0n) is 16.2. The van der Waals surface area contributed by atoms with Gasteiger partial charge in [-0.25, -0.2) is 0 Å². The summed E-state index contributed by atoms with van der Waals surface area (Å²) in [7, 11) is 0. The Labute approximate surface area is 161 Å². The molecule has 0 aromatic heterocycles. The van der Waals surface area contributed by atoms with Crippen LogP contribution in [0.25, 0.3) is 5.57 Å². The van der Waals surface area contributed by atoms with E-state index in [-0.39, 0.29) is 5.41 Å². The highest BCUT2D eigenvalue weighted by Crippen LogP contribution is 2.70. The van der Waals surface area contributed by atoms with Crippen molar-refractivity contribution in [3.63, 3.8) is 0 Å². The van der Waals surface area contributed by atoms with Crippen LogP contribution < -0.4 is 0 Å². The number of Topliss-reactive ketones (excluding diaryl/α,β-unsaturated/α-hetero) is 1. The number of benzene rings is 2. The Morgan fingerprint density at radius 1 is 0.815 bits per heavy atom. The summed E-state index contributed by atoms with van der Waals surface area (Å²) in [6.45, 7) is 4.51. The molecule has 1 spiro atoms. The van der Waals surface area contributed by atoms with Crippen LogP contribution in [0.4, 0.5) is 0 Å². The van der Waals surface area contributed by atoms with Crippen LogP contribution in [0.3, 0.4) is 0 Å². The maximum absolute atomic E-state index is 14.2. The molecule has 0 aliphatic heterocycles. The number of rotatable bonds is 2. The van der Waals surface area contributed by atoms with E-state index in [0.29, 0.717) is 5.78 Å². The lowest BCUT2D eigenvalue weighted by atomic mass is 9.52. The molecule has 0 saturated heterocycles. The summed E-state index contributed by atoms with van der Waals surface area (Å²) in [5.74, 6) is 0.362. The third kappa shape index (κ3) is 2.03. The lowest BCUT2D eigenvalue weighted by Gasteiger charge is -2.49. The van der Waals surface area contributed by atoms with Crippen molar-refractivity contribution in [2.75, 3.05) is 0 Å². The van der Waals surface area contributed by atoms with Crippen molar-refractivity contribution in [1.29, 1.82) is 0 Å². The molecule has 0 amide bonds. The first-order chi connectivity index (χ1) is 13.1. The molecule has 3 aliphatic rings. The van der Waals surface area contributed by atoms with Gasteiger partial charge in [-0.05, 0) is 57.1 Å². The van der Waals surface area contributed by atoms with E-state index < -0.39 is 5.41 Å². The average molecular weight is 354 g/mol. The molecule has 1 heteroatoms. The number of hydrogen-bond donors (Lipinski definition) is 0. The molecular formula is C26H26O.